The van der Waals surface area contributed by atoms with E-state index >= 15 is 0 Å². The van der Waals surface area contributed by atoms with Crippen molar-refractivity contribution in [1.82, 2.24) is 10.2 Å². The lowest BCUT2D eigenvalue weighted by molar-refractivity contribution is 0.262. The second-order valence-electron chi connectivity index (χ2n) is 5.42. The summed E-state index contributed by atoms with van der Waals surface area (Å²) in [6.45, 7) is 4.01. The maximum absolute atomic E-state index is 12.1. The SMILES string of the molecule is Cc1ccc(NC(=O)Nc2nnc(-c3ccc(Cl)c(Cl)c3)s2)cc1C. The second-order valence-corrected chi connectivity index (χ2v) is 7.21. The van der Waals surface area contributed by atoms with E-state index in [4.69, 9.17) is 23.2 Å². The minimum Gasteiger partial charge on any atom is -0.308 e. The van der Waals surface area contributed by atoms with E-state index in [0.29, 0.717) is 20.2 Å². The molecule has 2 amide bonds. The number of hydrogen-bond donors (Lipinski definition) is 2. The molecule has 0 saturated heterocycles. The summed E-state index contributed by atoms with van der Waals surface area (Å²) in [4.78, 5) is 12.1. The molecule has 2 aromatic carbocycles. The Morgan fingerprint density at radius 1 is 0.960 bits per heavy atom. The second kappa shape index (κ2) is 7.39. The van der Waals surface area contributed by atoms with Gasteiger partial charge in [0.15, 0.2) is 0 Å². The zero-order chi connectivity index (χ0) is 18.0. The van der Waals surface area contributed by atoms with Gasteiger partial charge in [-0.1, -0.05) is 46.7 Å². The summed E-state index contributed by atoms with van der Waals surface area (Å²) >= 11 is 13.2. The molecule has 5 nitrogen and oxygen atoms in total. The third-order valence-corrected chi connectivity index (χ3v) is 5.20. The van der Waals surface area contributed by atoms with Gasteiger partial charge in [-0.25, -0.2) is 4.79 Å². The van der Waals surface area contributed by atoms with Gasteiger partial charge in [0.25, 0.3) is 0 Å². The van der Waals surface area contributed by atoms with Gasteiger partial charge >= 0.3 is 6.03 Å². The van der Waals surface area contributed by atoms with E-state index in [1.807, 2.05) is 32.0 Å². The number of benzene rings is 2. The number of aromatic nitrogens is 2. The number of nitrogens with one attached hydrogen (secondary N) is 2. The highest BCUT2D eigenvalue weighted by molar-refractivity contribution is 7.18. The molecule has 25 heavy (non-hydrogen) atoms. The van der Waals surface area contributed by atoms with E-state index in [1.54, 1.807) is 18.2 Å². The fraction of sp³-hybridized carbons (Fsp3) is 0.118. The molecule has 2 N–H and O–H groups in total. The summed E-state index contributed by atoms with van der Waals surface area (Å²) in [6.07, 6.45) is 0. The average molecular weight is 393 g/mol. The molecular weight excluding hydrogens is 379 g/mol. The van der Waals surface area contributed by atoms with Gasteiger partial charge < -0.3 is 5.32 Å². The molecule has 0 bridgehead atoms. The lowest BCUT2D eigenvalue weighted by atomic mass is 10.1. The molecule has 0 aliphatic carbocycles. The van der Waals surface area contributed by atoms with E-state index < -0.39 is 0 Å². The van der Waals surface area contributed by atoms with E-state index in [2.05, 4.69) is 20.8 Å². The first-order chi connectivity index (χ1) is 11.9. The molecular formula is C17H14Cl2N4OS. The summed E-state index contributed by atoms with van der Waals surface area (Å²) in [6, 6.07) is 10.6. The molecule has 0 spiro atoms. The van der Waals surface area contributed by atoms with Gasteiger partial charge in [-0.3, -0.25) is 5.32 Å². The van der Waals surface area contributed by atoms with Crippen LogP contribution in [0.3, 0.4) is 0 Å². The predicted octanol–water partition coefficient (Wildman–Crippen LogP) is 5.77. The van der Waals surface area contributed by atoms with Crippen molar-refractivity contribution >= 4 is 51.4 Å². The van der Waals surface area contributed by atoms with Crippen LogP contribution < -0.4 is 10.6 Å². The van der Waals surface area contributed by atoms with Crippen LogP contribution in [-0.4, -0.2) is 16.2 Å². The van der Waals surface area contributed by atoms with Crippen molar-refractivity contribution in [3.8, 4) is 10.6 Å². The molecule has 0 atom stereocenters. The van der Waals surface area contributed by atoms with Gasteiger partial charge in [-0.05, 0) is 49.2 Å². The maximum Gasteiger partial charge on any atom is 0.325 e. The summed E-state index contributed by atoms with van der Waals surface area (Å²) < 4.78 is 0. The van der Waals surface area contributed by atoms with Crippen LogP contribution in [0.1, 0.15) is 11.1 Å². The quantitative estimate of drug-likeness (QED) is 0.593. The Bertz CT molecular complexity index is 942. The van der Waals surface area contributed by atoms with Crippen molar-refractivity contribution in [3.63, 3.8) is 0 Å². The summed E-state index contributed by atoms with van der Waals surface area (Å²) in [5.74, 6) is 0. The number of urea groups is 1. The third-order valence-electron chi connectivity index (χ3n) is 3.58. The van der Waals surface area contributed by atoms with Crippen LogP contribution in [0.2, 0.25) is 10.0 Å². The molecule has 1 heterocycles. The Labute approximate surface area is 159 Å². The smallest absolute Gasteiger partial charge is 0.308 e. The maximum atomic E-state index is 12.1. The first-order valence-corrected chi connectivity index (χ1v) is 8.94. The van der Waals surface area contributed by atoms with Crippen LogP contribution in [0.15, 0.2) is 36.4 Å². The van der Waals surface area contributed by atoms with Gasteiger partial charge in [0.05, 0.1) is 10.0 Å². The number of aryl methyl sites for hydroxylation is 2. The van der Waals surface area contributed by atoms with Crippen molar-refractivity contribution < 1.29 is 4.79 Å². The highest BCUT2D eigenvalue weighted by Gasteiger charge is 2.11. The topological polar surface area (TPSA) is 66.9 Å². The number of anilines is 2. The van der Waals surface area contributed by atoms with Crippen molar-refractivity contribution in [1.29, 1.82) is 0 Å². The van der Waals surface area contributed by atoms with Crippen molar-refractivity contribution in [2.75, 3.05) is 10.6 Å². The summed E-state index contributed by atoms with van der Waals surface area (Å²) in [7, 11) is 0. The molecule has 0 unspecified atom stereocenters. The Morgan fingerprint density at radius 3 is 2.48 bits per heavy atom. The Kier molecular flexibility index (Phi) is 5.22. The number of amides is 2. The zero-order valence-corrected chi connectivity index (χ0v) is 15.8. The van der Waals surface area contributed by atoms with Gasteiger partial charge in [-0.2, -0.15) is 0 Å². The van der Waals surface area contributed by atoms with E-state index in [0.717, 1.165) is 16.8 Å². The molecule has 0 fully saturated rings. The molecule has 1 aromatic heterocycles. The normalized spacial score (nSPS) is 10.6. The molecule has 0 aliphatic heterocycles. The first kappa shape index (κ1) is 17.7. The molecule has 0 saturated carbocycles. The summed E-state index contributed by atoms with van der Waals surface area (Å²) in [5, 5.41) is 15.4. The largest absolute Gasteiger partial charge is 0.325 e. The monoisotopic (exact) mass is 392 g/mol. The van der Waals surface area contributed by atoms with Gasteiger partial charge in [0.1, 0.15) is 5.01 Å². The number of halogens is 2. The molecule has 0 aliphatic rings. The molecule has 0 radical (unpaired) electrons. The van der Waals surface area contributed by atoms with Crippen molar-refractivity contribution in [3.05, 3.63) is 57.6 Å². The zero-order valence-electron chi connectivity index (χ0n) is 13.4. The molecule has 3 rings (SSSR count). The van der Waals surface area contributed by atoms with Crippen LogP contribution in [0.4, 0.5) is 15.6 Å². The fourth-order valence-corrected chi connectivity index (χ4v) is 3.13. The van der Waals surface area contributed by atoms with Crippen LogP contribution in [0, 0.1) is 13.8 Å². The van der Waals surface area contributed by atoms with Crippen molar-refractivity contribution in [2.45, 2.75) is 13.8 Å². The first-order valence-electron chi connectivity index (χ1n) is 7.36. The molecule has 3 aromatic rings. The number of carbonyl (C=O) groups is 1. The van der Waals surface area contributed by atoms with Crippen LogP contribution >= 0.6 is 34.5 Å². The highest BCUT2D eigenvalue weighted by Crippen LogP contribution is 2.31. The van der Waals surface area contributed by atoms with E-state index in [9.17, 15) is 4.79 Å². The van der Waals surface area contributed by atoms with Gasteiger partial charge in [-0.15, -0.1) is 10.2 Å². The van der Waals surface area contributed by atoms with Crippen LogP contribution in [0.5, 0.6) is 0 Å². The van der Waals surface area contributed by atoms with Gasteiger partial charge in [0, 0.05) is 11.3 Å². The Balaban J connectivity index is 1.69. The predicted molar refractivity (Wildman–Crippen MR) is 104 cm³/mol. The number of nitrogens with zero attached hydrogens (tertiary/aromatic N) is 2. The lowest BCUT2D eigenvalue weighted by Gasteiger charge is -2.07. The number of hydrogen-bond acceptors (Lipinski definition) is 4. The fourth-order valence-electron chi connectivity index (χ4n) is 2.10. The molecule has 8 heteroatoms. The lowest BCUT2D eigenvalue weighted by Crippen LogP contribution is -2.19. The summed E-state index contributed by atoms with van der Waals surface area (Å²) in [5.41, 5.74) is 3.78. The highest BCUT2D eigenvalue weighted by atomic mass is 35.5. The van der Waals surface area contributed by atoms with Crippen molar-refractivity contribution in [2.24, 2.45) is 0 Å². The Morgan fingerprint density at radius 2 is 1.76 bits per heavy atom. The number of carbonyl (C=O) groups excluding carboxylic acids is 1. The third kappa shape index (κ3) is 4.28. The number of rotatable bonds is 3. The van der Waals surface area contributed by atoms with Crippen LogP contribution in [0.25, 0.3) is 10.6 Å². The standard InChI is InChI=1S/C17H14Cl2N4OS/c1-9-3-5-12(7-10(9)2)20-16(24)21-17-23-22-15(25-17)11-4-6-13(18)14(19)8-11/h3-8H,1-2H3,(H2,20,21,23,24). The van der Waals surface area contributed by atoms with E-state index in [-0.39, 0.29) is 6.03 Å². The Hall–Kier alpha value is -2.15. The average Bonchev–Trinajstić information content (AvgIpc) is 3.02. The van der Waals surface area contributed by atoms with Gasteiger partial charge in [0.2, 0.25) is 5.13 Å². The minimum atomic E-state index is -0.375. The minimum absolute atomic E-state index is 0.375. The van der Waals surface area contributed by atoms with Crippen LogP contribution in [-0.2, 0) is 0 Å². The molecule has 128 valence electrons. The van der Waals surface area contributed by atoms with E-state index in [1.165, 1.54) is 16.9 Å².